The molecule has 0 radical (unpaired) electrons. The molecule has 3 nitrogen and oxygen atoms in total. The minimum Gasteiger partial charge on any atom is -0.508 e. The molecule has 98 valence electrons. The van der Waals surface area contributed by atoms with Crippen molar-refractivity contribution in [3.05, 3.63) is 53.6 Å². The lowest BCUT2D eigenvalue weighted by Crippen LogP contribution is -2.19. The van der Waals surface area contributed by atoms with Gasteiger partial charge in [-0.15, -0.1) is 0 Å². The van der Waals surface area contributed by atoms with Gasteiger partial charge < -0.3 is 15.7 Å². The monoisotopic (exact) mass is 272 g/mol. The highest BCUT2D eigenvalue weighted by molar-refractivity contribution is 7.80. The summed E-state index contributed by atoms with van der Waals surface area (Å²) in [6.45, 7) is 4.14. The van der Waals surface area contributed by atoms with E-state index >= 15 is 0 Å². The molecular formula is C15H16N2OS. The summed E-state index contributed by atoms with van der Waals surface area (Å²) in [6, 6.07) is 12.9. The van der Waals surface area contributed by atoms with E-state index in [0.717, 1.165) is 11.4 Å². The van der Waals surface area contributed by atoms with Crippen LogP contribution in [0.25, 0.3) is 0 Å². The summed E-state index contributed by atoms with van der Waals surface area (Å²) >= 11 is 5.24. The van der Waals surface area contributed by atoms with Gasteiger partial charge >= 0.3 is 0 Å². The lowest BCUT2D eigenvalue weighted by atomic mass is 10.1. The highest BCUT2D eigenvalue weighted by atomic mass is 32.1. The third-order valence-corrected chi connectivity index (χ3v) is 3.09. The molecule has 0 fully saturated rings. The number of nitrogens with one attached hydrogen (secondary N) is 2. The summed E-state index contributed by atoms with van der Waals surface area (Å²) in [5, 5.41) is 15.9. The highest BCUT2D eigenvalue weighted by Crippen LogP contribution is 2.16. The van der Waals surface area contributed by atoms with Crippen molar-refractivity contribution in [2.45, 2.75) is 13.8 Å². The van der Waals surface area contributed by atoms with Crippen LogP contribution in [0.1, 0.15) is 11.1 Å². The summed E-state index contributed by atoms with van der Waals surface area (Å²) in [5.41, 5.74) is 4.26. The number of aromatic hydroxyl groups is 1. The molecule has 0 atom stereocenters. The number of benzene rings is 2. The fourth-order valence-electron chi connectivity index (χ4n) is 1.66. The molecule has 0 aliphatic heterocycles. The minimum absolute atomic E-state index is 0.235. The molecule has 0 aromatic heterocycles. The average Bonchev–Trinajstić information content (AvgIpc) is 2.37. The lowest BCUT2D eigenvalue weighted by molar-refractivity contribution is 0.475. The topological polar surface area (TPSA) is 44.3 Å². The zero-order valence-corrected chi connectivity index (χ0v) is 11.7. The van der Waals surface area contributed by atoms with Crippen LogP contribution >= 0.6 is 12.2 Å². The minimum atomic E-state index is 0.235. The molecule has 0 bridgehead atoms. The van der Waals surface area contributed by atoms with Crippen LogP contribution in [0.15, 0.2) is 42.5 Å². The van der Waals surface area contributed by atoms with Crippen LogP contribution in [0.3, 0.4) is 0 Å². The largest absolute Gasteiger partial charge is 0.508 e. The van der Waals surface area contributed by atoms with Gasteiger partial charge in [-0.1, -0.05) is 6.07 Å². The smallest absolute Gasteiger partial charge is 0.175 e. The maximum Gasteiger partial charge on any atom is 0.175 e. The predicted octanol–water partition coefficient (Wildman–Crippen LogP) is 3.82. The molecule has 0 aliphatic carbocycles. The first-order valence-corrected chi connectivity index (χ1v) is 6.40. The highest BCUT2D eigenvalue weighted by Gasteiger charge is 2.00. The van der Waals surface area contributed by atoms with Gasteiger partial charge in [0.05, 0.1) is 0 Å². The van der Waals surface area contributed by atoms with Crippen molar-refractivity contribution in [2.75, 3.05) is 10.6 Å². The van der Waals surface area contributed by atoms with Crippen molar-refractivity contribution in [3.8, 4) is 5.75 Å². The van der Waals surface area contributed by atoms with Gasteiger partial charge in [-0.2, -0.15) is 0 Å². The van der Waals surface area contributed by atoms with Crippen LogP contribution in [0, 0.1) is 13.8 Å². The molecule has 4 heteroatoms. The molecule has 0 amide bonds. The second kappa shape index (κ2) is 5.71. The van der Waals surface area contributed by atoms with Crippen LogP contribution in [-0.4, -0.2) is 10.2 Å². The molecular weight excluding hydrogens is 256 g/mol. The first kappa shape index (κ1) is 13.4. The van der Waals surface area contributed by atoms with E-state index in [9.17, 15) is 5.11 Å². The average molecular weight is 272 g/mol. The summed E-state index contributed by atoms with van der Waals surface area (Å²) in [5.74, 6) is 0.235. The molecule has 0 aliphatic rings. The van der Waals surface area contributed by atoms with E-state index in [4.69, 9.17) is 12.2 Å². The van der Waals surface area contributed by atoms with Crippen LogP contribution in [0.4, 0.5) is 11.4 Å². The Labute approximate surface area is 118 Å². The van der Waals surface area contributed by atoms with Gasteiger partial charge in [-0.25, -0.2) is 0 Å². The van der Waals surface area contributed by atoms with Crippen molar-refractivity contribution in [3.63, 3.8) is 0 Å². The van der Waals surface area contributed by atoms with E-state index < -0.39 is 0 Å². The Bertz CT molecular complexity index is 594. The molecule has 0 heterocycles. The number of phenols is 1. The number of phenolic OH excluding ortho intramolecular Hbond substituents is 1. The first-order valence-electron chi connectivity index (χ1n) is 5.99. The molecule has 2 rings (SSSR count). The zero-order valence-electron chi connectivity index (χ0n) is 10.9. The third-order valence-electron chi connectivity index (χ3n) is 2.89. The Morgan fingerprint density at radius 1 is 0.895 bits per heavy atom. The summed E-state index contributed by atoms with van der Waals surface area (Å²) < 4.78 is 0. The molecule has 2 aromatic carbocycles. The molecule has 0 saturated heterocycles. The van der Waals surface area contributed by atoms with Crippen molar-refractivity contribution < 1.29 is 5.11 Å². The second-order valence-corrected chi connectivity index (χ2v) is 4.83. The number of thiocarbonyl (C=S) groups is 1. The number of aryl methyl sites for hydroxylation is 2. The third kappa shape index (κ3) is 3.69. The SMILES string of the molecule is Cc1ccc(NC(=S)Nc2ccc(O)cc2)cc1C. The maximum atomic E-state index is 9.21. The Balaban J connectivity index is 2.01. The Morgan fingerprint density at radius 2 is 1.47 bits per heavy atom. The van der Waals surface area contributed by atoms with Gasteiger partial charge in [0.25, 0.3) is 0 Å². The number of rotatable bonds is 2. The van der Waals surface area contributed by atoms with Gasteiger partial charge in [0, 0.05) is 11.4 Å². The molecule has 19 heavy (non-hydrogen) atoms. The molecule has 3 N–H and O–H groups in total. The van der Waals surface area contributed by atoms with E-state index in [2.05, 4.69) is 36.6 Å². The van der Waals surface area contributed by atoms with Crippen molar-refractivity contribution in [2.24, 2.45) is 0 Å². The Kier molecular flexibility index (Phi) is 4.02. The summed E-state index contributed by atoms with van der Waals surface area (Å²) in [4.78, 5) is 0. The van der Waals surface area contributed by atoms with E-state index in [1.165, 1.54) is 11.1 Å². The fourth-order valence-corrected chi connectivity index (χ4v) is 1.89. The van der Waals surface area contributed by atoms with Gasteiger partial charge in [0.1, 0.15) is 5.75 Å². The molecule has 0 spiro atoms. The maximum absolute atomic E-state index is 9.21. The lowest BCUT2D eigenvalue weighted by Gasteiger charge is -2.11. The number of hydrogen-bond donors (Lipinski definition) is 3. The fraction of sp³-hybridized carbons (Fsp3) is 0.133. The van der Waals surface area contributed by atoms with Crippen LogP contribution in [-0.2, 0) is 0 Å². The molecule has 0 saturated carbocycles. The van der Waals surface area contributed by atoms with E-state index in [0.29, 0.717) is 5.11 Å². The first-order chi connectivity index (χ1) is 9.04. The van der Waals surface area contributed by atoms with Crippen LogP contribution in [0.2, 0.25) is 0 Å². The second-order valence-electron chi connectivity index (χ2n) is 4.43. The van der Waals surface area contributed by atoms with Crippen LogP contribution < -0.4 is 10.6 Å². The van der Waals surface area contributed by atoms with Gasteiger partial charge in [0.2, 0.25) is 0 Å². The quantitative estimate of drug-likeness (QED) is 0.574. The van der Waals surface area contributed by atoms with E-state index in [1.807, 2.05) is 6.07 Å². The Morgan fingerprint density at radius 3 is 2.11 bits per heavy atom. The van der Waals surface area contributed by atoms with Crippen molar-refractivity contribution in [1.82, 2.24) is 0 Å². The number of anilines is 2. The van der Waals surface area contributed by atoms with Crippen molar-refractivity contribution in [1.29, 1.82) is 0 Å². The Hall–Kier alpha value is -2.07. The van der Waals surface area contributed by atoms with Gasteiger partial charge in [-0.3, -0.25) is 0 Å². The van der Waals surface area contributed by atoms with Crippen LogP contribution in [0.5, 0.6) is 5.75 Å². The van der Waals surface area contributed by atoms with Gasteiger partial charge in [0.15, 0.2) is 5.11 Å². The predicted molar refractivity (Wildman–Crippen MR) is 83.9 cm³/mol. The molecule has 0 unspecified atom stereocenters. The zero-order chi connectivity index (χ0) is 13.8. The summed E-state index contributed by atoms with van der Waals surface area (Å²) in [7, 11) is 0. The van der Waals surface area contributed by atoms with Gasteiger partial charge in [-0.05, 0) is 73.6 Å². The standard InChI is InChI=1S/C15H16N2OS/c1-10-3-4-13(9-11(10)2)17-15(19)16-12-5-7-14(18)8-6-12/h3-9,18H,1-2H3,(H2,16,17,19). The van der Waals surface area contributed by atoms with Crippen molar-refractivity contribution >= 4 is 28.7 Å². The summed E-state index contributed by atoms with van der Waals surface area (Å²) in [6.07, 6.45) is 0. The molecule has 2 aromatic rings. The van der Waals surface area contributed by atoms with E-state index in [-0.39, 0.29) is 5.75 Å². The normalized spacial score (nSPS) is 10.0. The number of hydrogen-bond acceptors (Lipinski definition) is 2. The van der Waals surface area contributed by atoms with E-state index in [1.54, 1.807) is 24.3 Å².